The number of hydrogen-bond acceptors (Lipinski definition) is 3. The average molecular weight is 269 g/mol. The minimum atomic E-state index is -0.365. The van der Waals surface area contributed by atoms with Gasteiger partial charge in [-0.05, 0) is 25.7 Å². The van der Waals surface area contributed by atoms with E-state index in [2.05, 4.69) is 5.32 Å². The minimum absolute atomic E-state index is 0.0557. The summed E-state index contributed by atoms with van der Waals surface area (Å²) in [5, 5.41) is 3.03. The third kappa shape index (κ3) is 5.19. The number of nitrogens with one attached hydrogen (secondary N) is 1. The molecule has 1 saturated heterocycles. The quantitative estimate of drug-likeness (QED) is 0.756. The first-order chi connectivity index (χ1) is 9.08. The van der Waals surface area contributed by atoms with E-state index in [1.807, 2.05) is 18.7 Å². The van der Waals surface area contributed by atoms with Gasteiger partial charge in [0.2, 0.25) is 11.8 Å². The first-order valence-corrected chi connectivity index (χ1v) is 7.42. The predicted octanol–water partition coefficient (Wildman–Crippen LogP) is 1.02. The molecule has 19 heavy (non-hydrogen) atoms. The standard InChI is InChI=1S/C14H27N3O2/c1-3-5-12(15)14(19)17-9-7-11(8-10-17)16-13(18)6-4-2/h11-12H,3-10,15H2,1-2H3,(H,16,18). The van der Waals surface area contributed by atoms with Gasteiger partial charge >= 0.3 is 0 Å². The van der Waals surface area contributed by atoms with Crippen LogP contribution in [0.25, 0.3) is 0 Å². The zero-order chi connectivity index (χ0) is 14.3. The molecule has 5 heteroatoms. The van der Waals surface area contributed by atoms with Crippen molar-refractivity contribution in [3.63, 3.8) is 0 Å². The fourth-order valence-corrected chi connectivity index (χ4v) is 2.44. The van der Waals surface area contributed by atoms with Crippen LogP contribution in [-0.2, 0) is 9.59 Å². The second-order valence-electron chi connectivity index (χ2n) is 5.31. The Morgan fingerprint density at radius 2 is 1.89 bits per heavy atom. The molecule has 0 aromatic carbocycles. The van der Waals surface area contributed by atoms with Crippen LogP contribution in [-0.4, -0.2) is 41.9 Å². The highest BCUT2D eigenvalue weighted by Crippen LogP contribution is 2.12. The van der Waals surface area contributed by atoms with Crippen LogP contribution in [0.5, 0.6) is 0 Å². The van der Waals surface area contributed by atoms with Gasteiger partial charge in [0.15, 0.2) is 0 Å². The summed E-state index contributed by atoms with van der Waals surface area (Å²) in [5.74, 6) is 0.176. The van der Waals surface area contributed by atoms with Crippen LogP contribution in [0, 0.1) is 0 Å². The lowest BCUT2D eigenvalue weighted by atomic mass is 10.0. The number of nitrogens with two attached hydrogens (primary N) is 1. The molecule has 1 aliphatic rings. The van der Waals surface area contributed by atoms with Crippen molar-refractivity contribution in [2.75, 3.05) is 13.1 Å². The van der Waals surface area contributed by atoms with Crippen LogP contribution in [0.2, 0.25) is 0 Å². The number of carbonyl (C=O) groups excluding carboxylic acids is 2. The number of piperidine rings is 1. The normalized spacial score (nSPS) is 18.2. The molecule has 0 aliphatic carbocycles. The molecular formula is C14H27N3O2. The Kier molecular flexibility index (Phi) is 6.84. The summed E-state index contributed by atoms with van der Waals surface area (Å²) in [6.07, 6.45) is 4.79. The Labute approximate surface area is 115 Å². The molecule has 0 aromatic heterocycles. The van der Waals surface area contributed by atoms with Crippen molar-refractivity contribution >= 4 is 11.8 Å². The van der Waals surface area contributed by atoms with Crippen LogP contribution in [0.15, 0.2) is 0 Å². The van der Waals surface area contributed by atoms with Crippen LogP contribution in [0.3, 0.4) is 0 Å². The SMILES string of the molecule is CCCC(=O)NC1CCN(C(=O)C(N)CCC)CC1. The fraction of sp³-hybridized carbons (Fsp3) is 0.857. The molecular weight excluding hydrogens is 242 g/mol. The second kappa shape index (κ2) is 8.15. The first kappa shape index (κ1) is 16.0. The third-order valence-corrected chi connectivity index (χ3v) is 3.57. The highest BCUT2D eigenvalue weighted by Gasteiger charge is 2.26. The zero-order valence-corrected chi connectivity index (χ0v) is 12.2. The van der Waals surface area contributed by atoms with Gasteiger partial charge in [-0.25, -0.2) is 0 Å². The lowest BCUT2D eigenvalue weighted by Gasteiger charge is -2.33. The molecule has 0 bridgehead atoms. The molecule has 110 valence electrons. The van der Waals surface area contributed by atoms with Gasteiger partial charge < -0.3 is 16.0 Å². The van der Waals surface area contributed by atoms with E-state index in [9.17, 15) is 9.59 Å². The van der Waals surface area contributed by atoms with Crippen LogP contribution in [0.4, 0.5) is 0 Å². The van der Waals surface area contributed by atoms with Gasteiger partial charge in [0.1, 0.15) is 0 Å². The van der Waals surface area contributed by atoms with Gasteiger partial charge in [0.05, 0.1) is 6.04 Å². The Bertz CT molecular complexity index is 299. The van der Waals surface area contributed by atoms with Gasteiger partial charge in [0.25, 0.3) is 0 Å². The van der Waals surface area contributed by atoms with E-state index in [0.29, 0.717) is 19.5 Å². The maximum atomic E-state index is 12.0. The van der Waals surface area contributed by atoms with E-state index in [1.54, 1.807) is 0 Å². The highest BCUT2D eigenvalue weighted by atomic mass is 16.2. The topological polar surface area (TPSA) is 75.4 Å². The van der Waals surface area contributed by atoms with Crippen molar-refractivity contribution in [3.05, 3.63) is 0 Å². The first-order valence-electron chi connectivity index (χ1n) is 7.42. The van der Waals surface area contributed by atoms with E-state index in [-0.39, 0.29) is 23.9 Å². The molecule has 1 rings (SSSR count). The number of rotatable bonds is 6. The lowest BCUT2D eigenvalue weighted by Crippen LogP contribution is -2.50. The molecule has 1 unspecified atom stereocenters. The molecule has 1 fully saturated rings. The van der Waals surface area contributed by atoms with Gasteiger partial charge in [-0.15, -0.1) is 0 Å². The number of likely N-dealkylation sites (tertiary alicyclic amines) is 1. The summed E-state index contributed by atoms with van der Waals surface area (Å²) in [6.45, 7) is 5.43. The molecule has 1 heterocycles. The number of amides is 2. The number of hydrogen-bond donors (Lipinski definition) is 2. The van der Waals surface area contributed by atoms with E-state index in [1.165, 1.54) is 0 Å². The number of nitrogens with zero attached hydrogens (tertiary/aromatic N) is 1. The van der Waals surface area contributed by atoms with Crippen molar-refractivity contribution in [2.45, 2.75) is 64.5 Å². The van der Waals surface area contributed by atoms with E-state index in [0.717, 1.165) is 32.1 Å². The summed E-state index contributed by atoms with van der Waals surface area (Å²) < 4.78 is 0. The van der Waals surface area contributed by atoms with Gasteiger partial charge in [0, 0.05) is 25.6 Å². The molecule has 0 spiro atoms. The molecule has 2 amide bonds. The summed E-state index contributed by atoms with van der Waals surface area (Å²) in [6, 6.07) is -0.151. The maximum Gasteiger partial charge on any atom is 0.239 e. The monoisotopic (exact) mass is 269 g/mol. The van der Waals surface area contributed by atoms with E-state index in [4.69, 9.17) is 5.73 Å². The largest absolute Gasteiger partial charge is 0.353 e. The van der Waals surface area contributed by atoms with Crippen molar-refractivity contribution in [2.24, 2.45) is 5.73 Å². The maximum absolute atomic E-state index is 12.0. The average Bonchev–Trinajstić information content (AvgIpc) is 2.39. The van der Waals surface area contributed by atoms with Crippen molar-refractivity contribution in [1.29, 1.82) is 0 Å². The van der Waals surface area contributed by atoms with E-state index < -0.39 is 0 Å². The van der Waals surface area contributed by atoms with Crippen molar-refractivity contribution < 1.29 is 9.59 Å². The van der Waals surface area contributed by atoms with Crippen LogP contribution >= 0.6 is 0 Å². The minimum Gasteiger partial charge on any atom is -0.353 e. The molecule has 1 atom stereocenters. The highest BCUT2D eigenvalue weighted by molar-refractivity contribution is 5.81. The second-order valence-corrected chi connectivity index (χ2v) is 5.31. The molecule has 0 saturated carbocycles. The third-order valence-electron chi connectivity index (χ3n) is 3.57. The van der Waals surface area contributed by atoms with Crippen LogP contribution < -0.4 is 11.1 Å². The Morgan fingerprint density at radius 3 is 2.42 bits per heavy atom. The molecule has 5 nitrogen and oxygen atoms in total. The van der Waals surface area contributed by atoms with Crippen molar-refractivity contribution in [3.8, 4) is 0 Å². The Morgan fingerprint density at radius 1 is 1.26 bits per heavy atom. The van der Waals surface area contributed by atoms with Crippen LogP contribution in [0.1, 0.15) is 52.4 Å². The molecule has 0 radical (unpaired) electrons. The smallest absolute Gasteiger partial charge is 0.239 e. The molecule has 1 aliphatic heterocycles. The zero-order valence-electron chi connectivity index (χ0n) is 12.2. The summed E-state index contributed by atoms with van der Waals surface area (Å²) in [7, 11) is 0. The lowest BCUT2D eigenvalue weighted by molar-refractivity contribution is -0.134. The fourth-order valence-electron chi connectivity index (χ4n) is 2.44. The molecule has 0 aromatic rings. The summed E-state index contributed by atoms with van der Waals surface area (Å²) in [5.41, 5.74) is 5.85. The Hall–Kier alpha value is -1.10. The number of carbonyl (C=O) groups is 2. The van der Waals surface area contributed by atoms with Gasteiger partial charge in [-0.2, -0.15) is 0 Å². The van der Waals surface area contributed by atoms with Gasteiger partial charge in [-0.1, -0.05) is 20.3 Å². The Balaban J connectivity index is 2.32. The molecule has 3 N–H and O–H groups in total. The van der Waals surface area contributed by atoms with Crippen molar-refractivity contribution in [1.82, 2.24) is 10.2 Å². The predicted molar refractivity (Wildman–Crippen MR) is 75.5 cm³/mol. The van der Waals surface area contributed by atoms with Gasteiger partial charge in [-0.3, -0.25) is 9.59 Å². The summed E-state index contributed by atoms with van der Waals surface area (Å²) >= 11 is 0. The summed E-state index contributed by atoms with van der Waals surface area (Å²) in [4.78, 5) is 25.4. The van der Waals surface area contributed by atoms with E-state index >= 15 is 0 Å².